The quantitative estimate of drug-likeness (QED) is 0.753. The van der Waals surface area contributed by atoms with Gasteiger partial charge in [-0.05, 0) is 41.3 Å². The Morgan fingerprint density at radius 1 is 1.15 bits per heavy atom. The molecule has 0 saturated carbocycles. The molecule has 2 N–H and O–H groups in total. The van der Waals surface area contributed by atoms with Crippen LogP contribution in [0.5, 0.6) is 5.75 Å². The van der Waals surface area contributed by atoms with Crippen LogP contribution in [0.25, 0.3) is 0 Å². The summed E-state index contributed by atoms with van der Waals surface area (Å²) < 4.78 is 10.4. The maximum Gasteiger partial charge on any atom is 0.335 e. The van der Waals surface area contributed by atoms with Crippen LogP contribution in [0.3, 0.4) is 0 Å². The number of hydrogen-bond donors (Lipinski definition) is 2. The number of carboxylic acid groups (broad SMARTS) is 1. The first-order valence-electron chi connectivity index (χ1n) is 8.23. The Balaban J connectivity index is 2.12. The van der Waals surface area contributed by atoms with E-state index < -0.39 is 5.97 Å². The third-order valence-electron chi connectivity index (χ3n) is 4.00. The number of amides is 1. The van der Waals surface area contributed by atoms with Crippen LogP contribution in [0.15, 0.2) is 42.5 Å². The lowest BCUT2D eigenvalue weighted by atomic mass is 9.96. The molecule has 0 radical (unpaired) electrons. The van der Waals surface area contributed by atoms with E-state index in [9.17, 15) is 14.7 Å². The molecule has 2 aromatic carbocycles. The zero-order valence-corrected chi connectivity index (χ0v) is 15.1. The number of hydrogen-bond acceptors (Lipinski definition) is 4. The number of carbonyl (C=O) groups excluding carboxylic acids is 1. The summed E-state index contributed by atoms with van der Waals surface area (Å²) in [7, 11) is 3.13. The fraction of sp³-hybridized carbons (Fsp3) is 0.300. The van der Waals surface area contributed by atoms with Gasteiger partial charge in [-0.3, -0.25) is 4.79 Å². The Morgan fingerprint density at radius 3 is 2.54 bits per heavy atom. The third-order valence-corrected chi connectivity index (χ3v) is 4.00. The van der Waals surface area contributed by atoms with Gasteiger partial charge in [0.15, 0.2) is 0 Å². The average molecular weight is 357 g/mol. The molecule has 2 aromatic rings. The van der Waals surface area contributed by atoms with E-state index in [4.69, 9.17) is 9.47 Å². The van der Waals surface area contributed by atoms with Gasteiger partial charge in [-0.15, -0.1) is 0 Å². The maximum atomic E-state index is 12.4. The molecule has 26 heavy (non-hydrogen) atoms. The molecular formula is C20H23NO5. The highest BCUT2D eigenvalue weighted by atomic mass is 16.5. The average Bonchev–Trinajstić information content (AvgIpc) is 2.61. The summed E-state index contributed by atoms with van der Waals surface area (Å²) in [6.07, 6.45) is 0.247. The Hall–Kier alpha value is -2.86. The van der Waals surface area contributed by atoms with Crippen LogP contribution in [-0.2, 0) is 16.1 Å². The van der Waals surface area contributed by atoms with E-state index in [2.05, 4.69) is 5.32 Å². The van der Waals surface area contributed by atoms with Crippen molar-refractivity contribution in [3.63, 3.8) is 0 Å². The predicted molar refractivity (Wildman–Crippen MR) is 98.8 cm³/mol. The van der Waals surface area contributed by atoms with Gasteiger partial charge < -0.3 is 19.9 Å². The van der Waals surface area contributed by atoms with Crippen molar-refractivity contribution in [2.75, 3.05) is 19.5 Å². The Morgan fingerprint density at radius 2 is 1.88 bits per heavy atom. The normalized spacial score (nSPS) is 11.7. The van der Waals surface area contributed by atoms with Crippen LogP contribution in [0.2, 0.25) is 0 Å². The van der Waals surface area contributed by atoms with E-state index in [0.717, 1.165) is 11.3 Å². The van der Waals surface area contributed by atoms with Gasteiger partial charge in [0.2, 0.25) is 5.91 Å². The van der Waals surface area contributed by atoms with Gasteiger partial charge in [0.25, 0.3) is 0 Å². The minimum atomic E-state index is -1.05. The molecule has 0 aliphatic heterocycles. The largest absolute Gasteiger partial charge is 0.496 e. The van der Waals surface area contributed by atoms with Gasteiger partial charge in [0, 0.05) is 19.2 Å². The van der Waals surface area contributed by atoms with Gasteiger partial charge in [0.05, 0.1) is 19.3 Å². The van der Waals surface area contributed by atoms with Gasteiger partial charge in [-0.2, -0.15) is 0 Å². The summed E-state index contributed by atoms with van der Waals surface area (Å²) in [6, 6.07) is 12.2. The van der Waals surface area contributed by atoms with E-state index in [0.29, 0.717) is 11.3 Å². The predicted octanol–water partition coefficient (Wildman–Crippen LogP) is 3.67. The number of aromatic carboxylic acids is 1. The molecule has 0 aliphatic carbocycles. The summed E-state index contributed by atoms with van der Waals surface area (Å²) in [5.74, 6) is -0.564. The lowest BCUT2D eigenvalue weighted by Gasteiger charge is -2.16. The van der Waals surface area contributed by atoms with E-state index in [1.165, 1.54) is 19.2 Å². The standard InChI is InChI=1S/C20H23NO5/c1-13(17-6-4-5-7-18(17)26-3)8-19(22)21-16-10-14(12-25-2)9-15(11-16)20(23)24/h4-7,9-11,13H,8,12H2,1-3H3,(H,21,22)(H,23,24). The zero-order chi connectivity index (χ0) is 19.1. The lowest BCUT2D eigenvalue weighted by Crippen LogP contribution is -2.15. The van der Waals surface area contributed by atoms with Crippen molar-refractivity contribution in [1.82, 2.24) is 0 Å². The fourth-order valence-electron chi connectivity index (χ4n) is 2.81. The van der Waals surface area contributed by atoms with Crippen molar-refractivity contribution < 1.29 is 24.2 Å². The minimum absolute atomic E-state index is 0.0488. The van der Waals surface area contributed by atoms with E-state index in [1.807, 2.05) is 31.2 Å². The number of carbonyl (C=O) groups is 2. The Labute approximate surface area is 152 Å². The monoisotopic (exact) mass is 357 g/mol. The molecule has 0 saturated heterocycles. The second-order valence-corrected chi connectivity index (χ2v) is 6.05. The van der Waals surface area contributed by atoms with Crippen LogP contribution in [0.4, 0.5) is 5.69 Å². The highest BCUT2D eigenvalue weighted by molar-refractivity contribution is 5.94. The van der Waals surface area contributed by atoms with Crippen molar-refractivity contribution in [3.8, 4) is 5.75 Å². The first kappa shape index (κ1) is 19.5. The number of rotatable bonds is 8. The number of para-hydroxylation sites is 1. The highest BCUT2D eigenvalue weighted by Gasteiger charge is 2.16. The van der Waals surface area contributed by atoms with Crippen molar-refractivity contribution in [3.05, 3.63) is 59.2 Å². The van der Waals surface area contributed by atoms with Crippen LogP contribution >= 0.6 is 0 Å². The summed E-state index contributed by atoms with van der Waals surface area (Å²) in [4.78, 5) is 23.7. The summed E-state index contributed by atoms with van der Waals surface area (Å²) in [5.41, 5.74) is 2.17. The number of nitrogens with one attached hydrogen (secondary N) is 1. The molecule has 0 aromatic heterocycles. The van der Waals surface area contributed by atoms with Crippen molar-refractivity contribution in [2.45, 2.75) is 25.9 Å². The van der Waals surface area contributed by atoms with E-state index >= 15 is 0 Å². The van der Waals surface area contributed by atoms with E-state index in [-0.39, 0.29) is 30.4 Å². The summed E-state index contributed by atoms with van der Waals surface area (Å²) in [5, 5.41) is 12.0. The molecule has 1 unspecified atom stereocenters. The van der Waals surface area contributed by atoms with Crippen molar-refractivity contribution in [1.29, 1.82) is 0 Å². The van der Waals surface area contributed by atoms with Crippen LogP contribution in [0.1, 0.15) is 40.7 Å². The molecule has 6 heteroatoms. The SMILES string of the molecule is COCc1cc(NC(=O)CC(C)c2ccccc2OC)cc(C(=O)O)c1. The molecule has 1 amide bonds. The molecule has 138 valence electrons. The molecule has 0 bridgehead atoms. The second kappa shape index (κ2) is 9.01. The molecule has 0 fully saturated rings. The van der Waals surface area contributed by atoms with Crippen LogP contribution < -0.4 is 10.1 Å². The first-order chi connectivity index (χ1) is 12.4. The number of benzene rings is 2. The van der Waals surface area contributed by atoms with Crippen molar-refractivity contribution >= 4 is 17.6 Å². The van der Waals surface area contributed by atoms with Crippen LogP contribution in [-0.4, -0.2) is 31.2 Å². The Bertz CT molecular complexity index is 788. The topological polar surface area (TPSA) is 84.9 Å². The lowest BCUT2D eigenvalue weighted by molar-refractivity contribution is -0.116. The number of anilines is 1. The number of ether oxygens (including phenoxy) is 2. The van der Waals surface area contributed by atoms with Gasteiger partial charge in [-0.1, -0.05) is 25.1 Å². The maximum absolute atomic E-state index is 12.4. The summed E-state index contributed by atoms with van der Waals surface area (Å²) >= 11 is 0. The fourth-order valence-corrected chi connectivity index (χ4v) is 2.81. The highest BCUT2D eigenvalue weighted by Crippen LogP contribution is 2.28. The van der Waals surface area contributed by atoms with Gasteiger partial charge in [-0.25, -0.2) is 4.79 Å². The number of methoxy groups -OCH3 is 2. The number of carboxylic acids is 1. The summed E-state index contributed by atoms with van der Waals surface area (Å²) in [6.45, 7) is 2.21. The molecular weight excluding hydrogens is 334 g/mol. The smallest absolute Gasteiger partial charge is 0.335 e. The molecule has 0 spiro atoms. The second-order valence-electron chi connectivity index (χ2n) is 6.05. The minimum Gasteiger partial charge on any atom is -0.496 e. The van der Waals surface area contributed by atoms with Gasteiger partial charge >= 0.3 is 5.97 Å². The van der Waals surface area contributed by atoms with Crippen LogP contribution in [0, 0.1) is 0 Å². The molecule has 0 heterocycles. The van der Waals surface area contributed by atoms with Gasteiger partial charge in [0.1, 0.15) is 5.75 Å². The van der Waals surface area contributed by atoms with E-state index in [1.54, 1.807) is 13.2 Å². The Kier molecular flexibility index (Phi) is 6.74. The zero-order valence-electron chi connectivity index (χ0n) is 15.1. The van der Waals surface area contributed by atoms with Crippen molar-refractivity contribution in [2.24, 2.45) is 0 Å². The third kappa shape index (κ3) is 5.07. The molecule has 6 nitrogen and oxygen atoms in total. The molecule has 2 rings (SSSR count). The molecule has 1 atom stereocenters. The molecule has 0 aliphatic rings. The first-order valence-corrected chi connectivity index (χ1v) is 8.23.